The van der Waals surface area contributed by atoms with E-state index in [9.17, 15) is 13.6 Å². The first-order valence-electron chi connectivity index (χ1n) is 9.55. The first-order valence-corrected chi connectivity index (χ1v) is 9.55. The first kappa shape index (κ1) is 20.0. The maximum absolute atomic E-state index is 13.4. The molecule has 2 heterocycles. The van der Waals surface area contributed by atoms with E-state index in [1.54, 1.807) is 0 Å². The molecule has 0 spiro atoms. The predicted molar refractivity (Wildman–Crippen MR) is 102 cm³/mol. The highest BCUT2D eigenvalue weighted by Gasteiger charge is 2.50. The molecule has 3 aromatic rings. The summed E-state index contributed by atoms with van der Waals surface area (Å²) < 4.78 is 38.2. The summed E-state index contributed by atoms with van der Waals surface area (Å²) in [6, 6.07) is 9.25. The topological polar surface area (TPSA) is 95.1 Å². The molecule has 0 bridgehead atoms. The smallest absolute Gasteiger partial charge is 0.406 e. The maximum atomic E-state index is 13.4. The van der Waals surface area contributed by atoms with Crippen LogP contribution in [0, 0.1) is 6.92 Å². The van der Waals surface area contributed by atoms with E-state index in [-0.39, 0.29) is 35.8 Å². The van der Waals surface area contributed by atoms with E-state index in [2.05, 4.69) is 26.6 Å². The van der Waals surface area contributed by atoms with Crippen LogP contribution in [0.1, 0.15) is 41.9 Å². The van der Waals surface area contributed by atoms with Gasteiger partial charge < -0.3 is 14.6 Å². The fourth-order valence-electron chi connectivity index (χ4n) is 3.56. The molecule has 0 radical (unpaired) electrons. The number of aromatic nitrogens is 4. The fraction of sp³-hybridized carbons (Fsp3) is 0.400. The molecule has 0 aliphatic heterocycles. The summed E-state index contributed by atoms with van der Waals surface area (Å²) in [4.78, 5) is 15.6. The zero-order chi connectivity index (χ0) is 21.3. The SMILES string of the molecule is CNC(=O)OCCn1nc(-c2nc(C3(c4ccccc4C)CC3)no2)cc1C(F)F. The average Bonchev–Trinajstić information content (AvgIpc) is 3.18. The lowest BCUT2D eigenvalue weighted by molar-refractivity contribution is 0.127. The lowest BCUT2D eigenvalue weighted by atomic mass is 9.91. The second-order valence-corrected chi connectivity index (χ2v) is 7.18. The molecule has 1 aliphatic rings. The van der Waals surface area contributed by atoms with Crippen molar-refractivity contribution in [3.63, 3.8) is 0 Å². The largest absolute Gasteiger partial charge is 0.448 e. The van der Waals surface area contributed by atoms with Gasteiger partial charge in [-0.2, -0.15) is 10.1 Å². The number of carbonyl (C=O) groups excluding carboxylic acids is 1. The molecule has 0 saturated heterocycles. The molecular weight excluding hydrogens is 396 g/mol. The molecule has 158 valence electrons. The van der Waals surface area contributed by atoms with Gasteiger partial charge in [-0.3, -0.25) is 4.68 Å². The van der Waals surface area contributed by atoms with Gasteiger partial charge in [0.2, 0.25) is 0 Å². The van der Waals surface area contributed by atoms with Crippen molar-refractivity contribution in [1.29, 1.82) is 0 Å². The van der Waals surface area contributed by atoms with Gasteiger partial charge in [-0.15, -0.1) is 0 Å². The molecule has 2 aromatic heterocycles. The van der Waals surface area contributed by atoms with Crippen LogP contribution in [0.5, 0.6) is 0 Å². The number of nitrogens with zero attached hydrogens (tertiary/aromatic N) is 4. The summed E-state index contributed by atoms with van der Waals surface area (Å²) in [5.74, 6) is 0.612. The molecule has 0 unspecified atom stereocenters. The number of carbonyl (C=O) groups is 1. The van der Waals surface area contributed by atoms with Crippen LogP contribution in [0.4, 0.5) is 13.6 Å². The van der Waals surface area contributed by atoms with Crippen LogP contribution in [0.25, 0.3) is 11.6 Å². The summed E-state index contributed by atoms with van der Waals surface area (Å²) in [7, 11) is 1.41. The summed E-state index contributed by atoms with van der Waals surface area (Å²) in [6.45, 7) is 1.90. The lowest BCUT2D eigenvalue weighted by Gasteiger charge is -2.13. The van der Waals surface area contributed by atoms with Crippen molar-refractivity contribution < 1.29 is 22.8 Å². The summed E-state index contributed by atoms with van der Waals surface area (Å²) in [6.07, 6.45) is -1.61. The van der Waals surface area contributed by atoms with Gasteiger partial charge in [0.15, 0.2) is 11.5 Å². The maximum Gasteiger partial charge on any atom is 0.406 e. The minimum atomic E-state index is -2.75. The lowest BCUT2D eigenvalue weighted by Crippen LogP contribution is -2.22. The molecule has 1 amide bonds. The van der Waals surface area contributed by atoms with Crippen LogP contribution >= 0.6 is 0 Å². The number of alkyl carbamates (subject to hydrolysis) is 1. The van der Waals surface area contributed by atoms with E-state index < -0.39 is 12.5 Å². The van der Waals surface area contributed by atoms with Gasteiger partial charge in [0.05, 0.1) is 12.0 Å². The third kappa shape index (κ3) is 3.64. The van der Waals surface area contributed by atoms with E-state index in [0.29, 0.717) is 5.82 Å². The molecule has 0 atom stereocenters. The number of rotatable bonds is 7. The first-order chi connectivity index (χ1) is 14.4. The molecule has 4 rings (SSSR count). The molecule has 10 heteroatoms. The number of halogens is 2. The summed E-state index contributed by atoms with van der Waals surface area (Å²) in [5.41, 5.74) is 1.82. The zero-order valence-electron chi connectivity index (χ0n) is 16.6. The Bertz CT molecular complexity index is 1060. The van der Waals surface area contributed by atoms with Gasteiger partial charge in [-0.1, -0.05) is 29.4 Å². The normalized spacial score (nSPS) is 14.7. The number of nitrogens with one attached hydrogen (secondary N) is 1. The Kier molecular flexibility index (Phi) is 5.23. The molecule has 8 nitrogen and oxygen atoms in total. The Morgan fingerprint density at radius 1 is 1.37 bits per heavy atom. The van der Waals surface area contributed by atoms with Crippen LogP contribution < -0.4 is 5.32 Å². The van der Waals surface area contributed by atoms with Crippen molar-refractivity contribution >= 4 is 6.09 Å². The van der Waals surface area contributed by atoms with Gasteiger partial charge in [0.1, 0.15) is 12.3 Å². The number of hydrogen-bond acceptors (Lipinski definition) is 6. The van der Waals surface area contributed by atoms with Crippen molar-refractivity contribution in [2.75, 3.05) is 13.7 Å². The molecule has 30 heavy (non-hydrogen) atoms. The fourth-order valence-corrected chi connectivity index (χ4v) is 3.56. The van der Waals surface area contributed by atoms with Crippen molar-refractivity contribution in [3.05, 3.63) is 53.0 Å². The molecule has 1 fully saturated rings. The monoisotopic (exact) mass is 417 g/mol. The summed E-state index contributed by atoms with van der Waals surface area (Å²) >= 11 is 0. The Morgan fingerprint density at radius 2 is 2.13 bits per heavy atom. The molecular formula is C20H21F2N5O3. The number of hydrogen-bond donors (Lipinski definition) is 1. The second kappa shape index (κ2) is 7.85. The Balaban J connectivity index is 1.58. The van der Waals surface area contributed by atoms with Crippen LogP contribution in [0.2, 0.25) is 0 Å². The van der Waals surface area contributed by atoms with E-state index >= 15 is 0 Å². The molecule has 1 saturated carbocycles. The van der Waals surface area contributed by atoms with Crippen molar-refractivity contribution in [1.82, 2.24) is 25.2 Å². The Labute approximate surface area is 171 Å². The van der Waals surface area contributed by atoms with E-state index in [4.69, 9.17) is 9.26 Å². The highest BCUT2D eigenvalue weighted by Crippen LogP contribution is 2.53. The predicted octanol–water partition coefficient (Wildman–Crippen LogP) is 3.62. The van der Waals surface area contributed by atoms with E-state index in [0.717, 1.165) is 28.7 Å². The van der Waals surface area contributed by atoms with Crippen molar-refractivity contribution in [2.24, 2.45) is 0 Å². The number of alkyl halides is 2. The quantitative estimate of drug-likeness (QED) is 0.631. The Morgan fingerprint density at radius 3 is 2.80 bits per heavy atom. The highest BCUT2D eigenvalue weighted by molar-refractivity contribution is 5.66. The van der Waals surface area contributed by atoms with E-state index in [1.165, 1.54) is 13.1 Å². The number of benzene rings is 1. The minimum Gasteiger partial charge on any atom is -0.448 e. The zero-order valence-corrected chi connectivity index (χ0v) is 16.6. The van der Waals surface area contributed by atoms with Crippen LogP contribution in [-0.2, 0) is 16.7 Å². The minimum absolute atomic E-state index is 0.0266. The standard InChI is InChI=1S/C20H21F2N5O3/c1-12-5-3-4-6-13(12)20(7-8-20)18-24-17(30-26-18)14-11-15(16(21)22)27(25-14)9-10-29-19(28)23-2/h3-6,11,16H,7-10H2,1-2H3,(H,23,28). The van der Waals surface area contributed by atoms with Gasteiger partial charge in [0.25, 0.3) is 12.3 Å². The third-order valence-corrected chi connectivity index (χ3v) is 5.26. The van der Waals surface area contributed by atoms with Gasteiger partial charge >= 0.3 is 6.09 Å². The molecule has 1 N–H and O–H groups in total. The van der Waals surface area contributed by atoms with Crippen molar-refractivity contribution in [3.8, 4) is 11.6 Å². The number of aryl methyl sites for hydroxylation is 1. The molecule has 1 aliphatic carbocycles. The highest BCUT2D eigenvalue weighted by atomic mass is 19.3. The average molecular weight is 417 g/mol. The molecule has 1 aromatic carbocycles. The van der Waals surface area contributed by atoms with Gasteiger partial charge in [-0.05, 0) is 37.0 Å². The second-order valence-electron chi connectivity index (χ2n) is 7.18. The summed E-state index contributed by atoms with van der Waals surface area (Å²) in [5, 5.41) is 10.6. The van der Waals surface area contributed by atoms with Crippen LogP contribution in [0.15, 0.2) is 34.9 Å². The third-order valence-electron chi connectivity index (χ3n) is 5.26. The van der Waals surface area contributed by atoms with Crippen molar-refractivity contribution in [2.45, 2.75) is 38.2 Å². The van der Waals surface area contributed by atoms with E-state index in [1.807, 2.05) is 25.1 Å². The Hall–Kier alpha value is -3.30. The number of ether oxygens (including phenoxy) is 1. The van der Waals surface area contributed by atoms with Crippen LogP contribution in [-0.4, -0.2) is 39.7 Å². The van der Waals surface area contributed by atoms with Crippen LogP contribution in [0.3, 0.4) is 0 Å². The number of amides is 1. The van der Waals surface area contributed by atoms with Gasteiger partial charge in [0, 0.05) is 7.05 Å². The van der Waals surface area contributed by atoms with Gasteiger partial charge in [-0.25, -0.2) is 13.6 Å².